The summed E-state index contributed by atoms with van der Waals surface area (Å²) in [5.41, 5.74) is -0.691. The molecule has 2 fully saturated rings. The number of imide groups is 1. The number of benzene rings is 1. The number of nitrogens with one attached hydrogen (secondary N) is 1. The van der Waals surface area contributed by atoms with Crippen LogP contribution in [-0.2, 0) is 4.79 Å². The van der Waals surface area contributed by atoms with Gasteiger partial charge in [-0.3, -0.25) is 4.79 Å². The van der Waals surface area contributed by atoms with E-state index in [4.69, 9.17) is 0 Å². The van der Waals surface area contributed by atoms with E-state index in [2.05, 4.69) is 5.32 Å². The zero-order chi connectivity index (χ0) is 15.0. The zero-order valence-corrected chi connectivity index (χ0v) is 11.5. The Kier molecular flexibility index (Phi) is 3.39. The van der Waals surface area contributed by atoms with Crippen molar-refractivity contribution >= 4 is 17.6 Å². The Morgan fingerprint density at radius 1 is 1.10 bits per heavy atom. The number of carbonyl (C=O) groups excluding carboxylic acids is 2. The van der Waals surface area contributed by atoms with Crippen molar-refractivity contribution < 1.29 is 18.4 Å². The van der Waals surface area contributed by atoms with E-state index in [1.165, 1.54) is 0 Å². The molecule has 3 rings (SSSR count). The van der Waals surface area contributed by atoms with Crippen molar-refractivity contribution in [3.63, 3.8) is 0 Å². The second-order valence-electron chi connectivity index (χ2n) is 5.77. The van der Waals surface area contributed by atoms with E-state index < -0.39 is 29.1 Å². The lowest BCUT2D eigenvalue weighted by molar-refractivity contribution is -0.120. The van der Waals surface area contributed by atoms with Crippen LogP contribution in [0.2, 0.25) is 0 Å². The molecule has 1 heterocycles. The van der Waals surface area contributed by atoms with E-state index in [0.717, 1.165) is 49.1 Å². The summed E-state index contributed by atoms with van der Waals surface area (Å²) >= 11 is 0. The van der Waals surface area contributed by atoms with Gasteiger partial charge in [0, 0.05) is 6.07 Å². The SMILES string of the molecule is O=C1CC2(CCCCC2)NC(=O)N1c1ccc(F)cc1F. The third-order valence-electron chi connectivity index (χ3n) is 4.28. The van der Waals surface area contributed by atoms with Gasteiger partial charge in [-0.25, -0.2) is 18.5 Å². The maximum Gasteiger partial charge on any atom is 0.329 e. The number of urea groups is 1. The molecule has 0 aromatic heterocycles. The van der Waals surface area contributed by atoms with Crippen LogP contribution in [-0.4, -0.2) is 17.5 Å². The molecule has 3 amide bonds. The van der Waals surface area contributed by atoms with Crippen LogP contribution in [0.3, 0.4) is 0 Å². The average molecular weight is 294 g/mol. The highest BCUT2D eigenvalue weighted by molar-refractivity contribution is 6.16. The first-order chi connectivity index (χ1) is 10.0. The average Bonchev–Trinajstić information content (AvgIpc) is 2.41. The lowest BCUT2D eigenvalue weighted by Gasteiger charge is -2.43. The lowest BCUT2D eigenvalue weighted by atomic mass is 9.78. The predicted octanol–water partition coefficient (Wildman–Crippen LogP) is 3.11. The van der Waals surface area contributed by atoms with Crippen molar-refractivity contribution in [2.75, 3.05) is 4.90 Å². The highest BCUT2D eigenvalue weighted by Crippen LogP contribution is 2.35. The van der Waals surface area contributed by atoms with Crippen molar-refractivity contribution in [2.45, 2.75) is 44.1 Å². The maximum absolute atomic E-state index is 13.8. The molecule has 1 aromatic rings. The number of nitrogens with zero attached hydrogens (tertiary/aromatic N) is 1. The van der Waals surface area contributed by atoms with Gasteiger partial charge in [-0.15, -0.1) is 0 Å². The van der Waals surface area contributed by atoms with Gasteiger partial charge in [0.05, 0.1) is 17.6 Å². The molecular weight excluding hydrogens is 278 g/mol. The van der Waals surface area contributed by atoms with E-state index in [1.807, 2.05) is 0 Å². The Balaban J connectivity index is 1.88. The first-order valence-corrected chi connectivity index (χ1v) is 7.11. The van der Waals surface area contributed by atoms with Gasteiger partial charge in [-0.1, -0.05) is 19.3 Å². The van der Waals surface area contributed by atoms with Gasteiger partial charge in [-0.2, -0.15) is 0 Å². The summed E-state index contributed by atoms with van der Waals surface area (Å²) in [6.07, 6.45) is 4.74. The fourth-order valence-electron chi connectivity index (χ4n) is 3.25. The van der Waals surface area contributed by atoms with Crippen LogP contribution in [0.25, 0.3) is 0 Å². The van der Waals surface area contributed by atoms with Crippen molar-refractivity contribution in [3.05, 3.63) is 29.8 Å². The maximum atomic E-state index is 13.8. The molecule has 1 aliphatic heterocycles. The lowest BCUT2D eigenvalue weighted by Crippen LogP contribution is -2.63. The second kappa shape index (κ2) is 5.09. The first kappa shape index (κ1) is 14.0. The fourth-order valence-corrected chi connectivity index (χ4v) is 3.25. The van der Waals surface area contributed by atoms with Crippen LogP contribution >= 0.6 is 0 Å². The number of rotatable bonds is 1. The first-order valence-electron chi connectivity index (χ1n) is 7.11. The third kappa shape index (κ3) is 2.50. The van der Waals surface area contributed by atoms with E-state index in [0.29, 0.717) is 6.07 Å². The molecule has 112 valence electrons. The van der Waals surface area contributed by atoms with Gasteiger partial charge in [0.15, 0.2) is 0 Å². The van der Waals surface area contributed by atoms with Crippen LogP contribution in [0.4, 0.5) is 19.3 Å². The molecule has 1 saturated heterocycles. The number of halogens is 2. The standard InChI is InChI=1S/C15H16F2N2O2/c16-10-4-5-12(11(17)8-10)19-13(20)9-15(18-14(19)21)6-2-1-3-7-15/h4-5,8H,1-3,6-7,9H2,(H,18,21). The molecule has 1 N–H and O–H groups in total. The van der Waals surface area contributed by atoms with Gasteiger partial charge in [0.25, 0.3) is 0 Å². The number of hydrogen-bond donors (Lipinski definition) is 1. The van der Waals surface area contributed by atoms with E-state index in [1.54, 1.807) is 0 Å². The summed E-state index contributed by atoms with van der Waals surface area (Å²) in [4.78, 5) is 25.3. The minimum Gasteiger partial charge on any atom is -0.331 e. The van der Waals surface area contributed by atoms with Crippen LogP contribution in [0.5, 0.6) is 0 Å². The molecule has 1 spiro atoms. The largest absolute Gasteiger partial charge is 0.331 e. The van der Waals surface area contributed by atoms with Crippen LogP contribution in [0, 0.1) is 11.6 Å². The quantitative estimate of drug-likeness (QED) is 0.865. The minimum absolute atomic E-state index is 0.162. The van der Waals surface area contributed by atoms with Gasteiger partial charge >= 0.3 is 6.03 Å². The van der Waals surface area contributed by atoms with Gasteiger partial charge in [-0.05, 0) is 25.0 Å². The Labute approximate surface area is 121 Å². The van der Waals surface area contributed by atoms with Crippen molar-refractivity contribution in [1.29, 1.82) is 0 Å². The highest BCUT2D eigenvalue weighted by Gasteiger charge is 2.44. The Bertz CT molecular complexity index is 577. The third-order valence-corrected chi connectivity index (χ3v) is 4.28. The minimum atomic E-state index is -0.918. The summed E-state index contributed by atoms with van der Waals surface area (Å²) in [6, 6.07) is 2.19. The molecule has 1 aromatic carbocycles. The zero-order valence-electron chi connectivity index (χ0n) is 11.5. The summed E-state index contributed by atoms with van der Waals surface area (Å²) in [5.74, 6) is -2.10. The Hall–Kier alpha value is -1.98. The summed E-state index contributed by atoms with van der Waals surface area (Å²) < 4.78 is 26.8. The smallest absolute Gasteiger partial charge is 0.329 e. The molecule has 1 aliphatic carbocycles. The summed E-state index contributed by atoms with van der Waals surface area (Å²) in [6.45, 7) is 0. The molecule has 21 heavy (non-hydrogen) atoms. The molecule has 0 bridgehead atoms. The van der Waals surface area contributed by atoms with Crippen molar-refractivity contribution in [1.82, 2.24) is 5.32 Å². The molecule has 2 aliphatic rings. The predicted molar refractivity (Wildman–Crippen MR) is 72.8 cm³/mol. The molecule has 1 saturated carbocycles. The number of anilines is 1. The van der Waals surface area contributed by atoms with Crippen molar-refractivity contribution in [2.24, 2.45) is 0 Å². The van der Waals surface area contributed by atoms with Crippen LogP contribution in [0.15, 0.2) is 18.2 Å². The number of carbonyl (C=O) groups is 2. The topological polar surface area (TPSA) is 49.4 Å². The molecule has 4 nitrogen and oxygen atoms in total. The highest BCUT2D eigenvalue weighted by atomic mass is 19.1. The fraction of sp³-hybridized carbons (Fsp3) is 0.467. The molecule has 0 radical (unpaired) electrons. The van der Waals surface area contributed by atoms with Gasteiger partial charge < -0.3 is 5.32 Å². The second-order valence-corrected chi connectivity index (χ2v) is 5.77. The van der Waals surface area contributed by atoms with Crippen LogP contribution < -0.4 is 10.2 Å². The van der Waals surface area contributed by atoms with E-state index >= 15 is 0 Å². The number of amides is 3. The molecule has 0 atom stereocenters. The van der Waals surface area contributed by atoms with Crippen LogP contribution in [0.1, 0.15) is 38.5 Å². The Morgan fingerprint density at radius 2 is 1.81 bits per heavy atom. The molecular formula is C15H16F2N2O2. The van der Waals surface area contributed by atoms with E-state index in [-0.39, 0.29) is 12.1 Å². The summed E-state index contributed by atoms with van der Waals surface area (Å²) in [7, 11) is 0. The van der Waals surface area contributed by atoms with Gasteiger partial charge in [0.1, 0.15) is 11.6 Å². The van der Waals surface area contributed by atoms with Gasteiger partial charge in [0.2, 0.25) is 5.91 Å². The number of hydrogen-bond acceptors (Lipinski definition) is 2. The summed E-state index contributed by atoms with van der Waals surface area (Å²) in [5, 5.41) is 2.86. The molecule has 0 unspecified atom stereocenters. The molecule has 6 heteroatoms. The van der Waals surface area contributed by atoms with Crippen molar-refractivity contribution in [3.8, 4) is 0 Å². The normalized spacial score (nSPS) is 21.5. The Morgan fingerprint density at radius 3 is 2.43 bits per heavy atom. The monoisotopic (exact) mass is 294 g/mol. The van der Waals surface area contributed by atoms with E-state index in [9.17, 15) is 18.4 Å².